The molecule has 0 saturated heterocycles. The number of benzene rings is 1. The van der Waals surface area contributed by atoms with E-state index in [0.29, 0.717) is 12.5 Å². The molecule has 1 aromatic rings. The van der Waals surface area contributed by atoms with Gasteiger partial charge in [-0.2, -0.15) is 0 Å². The molecule has 0 heterocycles. The molecule has 1 heteroatoms. The molecule has 0 atom stereocenters. The van der Waals surface area contributed by atoms with Gasteiger partial charge in [0.25, 0.3) is 0 Å². The van der Waals surface area contributed by atoms with Gasteiger partial charge in [0.2, 0.25) is 0 Å². The smallest absolute Gasteiger partial charge is 0.0453 e. The van der Waals surface area contributed by atoms with Crippen LogP contribution in [0.15, 0.2) is 24.3 Å². The molecule has 0 aliphatic heterocycles. The quantitative estimate of drug-likeness (QED) is 0.704. The minimum absolute atomic E-state index is 0.306. The van der Waals surface area contributed by atoms with E-state index < -0.39 is 0 Å². The number of aliphatic hydroxyl groups excluding tert-OH is 1. The van der Waals surface area contributed by atoms with Crippen LogP contribution < -0.4 is 0 Å². The third kappa shape index (κ3) is 6.35. The van der Waals surface area contributed by atoms with Gasteiger partial charge in [0.15, 0.2) is 0 Å². The molecule has 0 amide bonds. The number of hydrogen-bond donors (Lipinski definition) is 1. The molecule has 0 bridgehead atoms. The van der Waals surface area contributed by atoms with Gasteiger partial charge in [0.05, 0.1) is 0 Å². The maximum atomic E-state index is 8.14. The molecule has 1 N–H and O–H groups in total. The summed E-state index contributed by atoms with van der Waals surface area (Å²) in [5.41, 5.74) is 2.74. The van der Waals surface area contributed by atoms with E-state index in [9.17, 15) is 0 Å². The molecule has 0 radical (unpaired) electrons. The second kappa shape index (κ2) is 6.67. The van der Waals surface area contributed by atoms with Gasteiger partial charge in [0.1, 0.15) is 0 Å². The average Bonchev–Trinajstić information content (AvgIpc) is 2.11. The van der Waals surface area contributed by atoms with Crippen molar-refractivity contribution < 1.29 is 5.11 Å². The molecular weight excluding hydrogens is 160 g/mol. The molecule has 1 aromatic carbocycles. The molecule has 0 aliphatic carbocycles. The van der Waals surface area contributed by atoms with Crippen molar-refractivity contribution in [2.24, 2.45) is 5.92 Å². The molecule has 13 heavy (non-hydrogen) atoms. The van der Waals surface area contributed by atoms with E-state index in [-0.39, 0.29) is 0 Å². The van der Waals surface area contributed by atoms with Crippen LogP contribution in [0.2, 0.25) is 0 Å². The molecule has 0 aliphatic rings. The highest BCUT2D eigenvalue weighted by Gasteiger charge is 1.83. The molecule has 0 unspecified atom stereocenters. The summed E-state index contributed by atoms with van der Waals surface area (Å²) in [6.07, 6.45) is 0. The highest BCUT2D eigenvalue weighted by molar-refractivity contribution is 5.23. The SMILES string of the molecule is CC(C)CO.Cc1ccccc1C. The highest BCUT2D eigenvalue weighted by Crippen LogP contribution is 2.02. The number of aliphatic hydroxyl groups is 1. The lowest BCUT2D eigenvalue weighted by Crippen LogP contribution is -1.90. The van der Waals surface area contributed by atoms with Crippen LogP contribution >= 0.6 is 0 Å². The van der Waals surface area contributed by atoms with Crippen LogP contribution in [0, 0.1) is 19.8 Å². The van der Waals surface area contributed by atoms with Crippen LogP contribution in [0.5, 0.6) is 0 Å². The van der Waals surface area contributed by atoms with Crippen LogP contribution in [0.1, 0.15) is 25.0 Å². The minimum atomic E-state index is 0.306. The zero-order valence-corrected chi connectivity index (χ0v) is 9.04. The Bertz CT molecular complexity index is 207. The minimum Gasteiger partial charge on any atom is -0.396 e. The standard InChI is InChI=1S/C8H10.C4H10O/c1-7-5-3-4-6-8(7)2;1-4(2)3-5/h3-6H,1-2H3;4-5H,3H2,1-2H3. The van der Waals surface area contributed by atoms with Gasteiger partial charge in [-0.3, -0.25) is 0 Å². The van der Waals surface area contributed by atoms with Crippen molar-refractivity contribution in [1.82, 2.24) is 0 Å². The number of hydrogen-bond acceptors (Lipinski definition) is 1. The summed E-state index contributed by atoms with van der Waals surface area (Å²) in [5.74, 6) is 0.440. The Labute approximate surface area is 81.4 Å². The summed E-state index contributed by atoms with van der Waals surface area (Å²) < 4.78 is 0. The van der Waals surface area contributed by atoms with Gasteiger partial charge in [-0.05, 0) is 30.9 Å². The Balaban J connectivity index is 0.000000252. The van der Waals surface area contributed by atoms with E-state index in [4.69, 9.17) is 5.11 Å². The first-order valence-electron chi connectivity index (χ1n) is 4.71. The van der Waals surface area contributed by atoms with Crippen molar-refractivity contribution in [2.75, 3.05) is 6.61 Å². The first-order chi connectivity index (χ1) is 6.07. The first-order valence-corrected chi connectivity index (χ1v) is 4.71. The fourth-order valence-corrected chi connectivity index (χ4v) is 0.663. The van der Waals surface area contributed by atoms with Gasteiger partial charge in [-0.25, -0.2) is 0 Å². The normalized spacial score (nSPS) is 9.38. The molecule has 0 aromatic heterocycles. The van der Waals surface area contributed by atoms with E-state index in [0.717, 1.165) is 0 Å². The maximum Gasteiger partial charge on any atom is 0.0453 e. The molecular formula is C12H20O. The predicted molar refractivity (Wildman–Crippen MR) is 57.8 cm³/mol. The third-order valence-electron chi connectivity index (χ3n) is 1.79. The Morgan fingerprint density at radius 1 is 1.08 bits per heavy atom. The Morgan fingerprint density at radius 2 is 1.38 bits per heavy atom. The Morgan fingerprint density at radius 3 is 1.54 bits per heavy atom. The summed E-state index contributed by atoms with van der Waals surface area (Å²) in [4.78, 5) is 0. The van der Waals surface area contributed by atoms with Crippen LogP contribution in [0.4, 0.5) is 0 Å². The largest absolute Gasteiger partial charge is 0.396 e. The van der Waals surface area contributed by atoms with E-state index in [1.54, 1.807) is 0 Å². The average molecular weight is 180 g/mol. The van der Waals surface area contributed by atoms with Crippen molar-refractivity contribution in [3.05, 3.63) is 35.4 Å². The topological polar surface area (TPSA) is 20.2 Å². The van der Waals surface area contributed by atoms with Gasteiger partial charge in [-0.1, -0.05) is 38.1 Å². The molecule has 0 saturated carbocycles. The Kier molecular flexibility index (Phi) is 6.25. The van der Waals surface area contributed by atoms with Crippen molar-refractivity contribution in [3.63, 3.8) is 0 Å². The highest BCUT2D eigenvalue weighted by atomic mass is 16.3. The third-order valence-corrected chi connectivity index (χ3v) is 1.79. The van der Waals surface area contributed by atoms with Gasteiger partial charge in [-0.15, -0.1) is 0 Å². The van der Waals surface area contributed by atoms with E-state index >= 15 is 0 Å². The van der Waals surface area contributed by atoms with Gasteiger partial charge in [0, 0.05) is 6.61 Å². The fraction of sp³-hybridized carbons (Fsp3) is 0.500. The van der Waals surface area contributed by atoms with Crippen LogP contribution in [-0.4, -0.2) is 11.7 Å². The van der Waals surface area contributed by atoms with Crippen LogP contribution in [-0.2, 0) is 0 Å². The summed E-state index contributed by atoms with van der Waals surface area (Å²) in [5, 5.41) is 8.14. The van der Waals surface area contributed by atoms with E-state index in [1.165, 1.54) is 11.1 Å². The lowest BCUT2D eigenvalue weighted by molar-refractivity contribution is 0.248. The van der Waals surface area contributed by atoms with Crippen LogP contribution in [0.3, 0.4) is 0 Å². The van der Waals surface area contributed by atoms with Gasteiger partial charge < -0.3 is 5.11 Å². The lowest BCUT2D eigenvalue weighted by atomic mass is 10.1. The first kappa shape index (κ1) is 12.2. The second-order valence-corrected chi connectivity index (χ2v) is 3.66. The summed E-state index contributed by atoms with van der Waals surface area (Å²) in [7, 11) is 0. The molecule has 1 nitrogen and oxygen atoms in total. The maximum absolute atomic E-state index is 8.14. The molecule has 1 rings (SSSR count). The van der Waals surface area contributed by atoms with E-state index in [1.807, 2.05) is 13.8 Å². The van der Waals surface area contributed by atoms with Crippen molar-refractivity contribution in [3.8, 4) is 0 Å². The lowest BCUT2D eigenvalue weighted by Gasteiger charge is -1.93. The number of aryl methyl sites for hydroxylation is 2. The molecule has 0 spiro atoms. The van der Waals surface area contributed by atoms with Crippen LogP contribution in [0.25, 0.3) is 0 Å². The van der Waals surface area contributed by atoms with Gasteiger partial charge >= 0.3 is 0 Å². The second-order valence-electron chi connectivity index (χ2n) is 3.66. The molecule has 0 fully saturated rings. The molecule has 74 valence electrons. The summed E-state index contributed by atoms with van der Waals surface area (Å²) in [6, 6.07) is 8.36. The number of rotatable bonds is 1. The Hall–Kier alpha value is -0.820. The zero-order valence-electron chi connectivity index (χ0n) is 9.04. The fourth-order valence-electron chi connectivity index (χ4n) is 0.663. The van der Waals surface area contributed by atoms with Crippen molar-refractivity contribution >= 4 is 0 Å². The van der Waals surface area contributed by atoms with E-state index in [2.05, 4.69) is 38.1 Å². The van der Waals surface area contributed by atoms with Crippen molar-refractivity contribution in [2.45, 2.75) is 27.7 Å². The monoisotopic (exact) mass is 180 g/mol. The summed E-state index contributed by atoms with van der Waals surface area (Å²) >= 11 is 0. The summed E-state index contributed by atoms with van der Waals surface area (Å²) in [6.45, 7) is 8.49. The zero-order chi connectivity index (χ0) is 10.3. The van der Waals surface area contributed by atoms with Crippen molar-refractivity contribution in [1.29, 1.82) is 0 Å². The predicted octanol–water partition coefficient (Wildman–Crippen LogP) is 2.94.